The van der Waals surface area contributed by atoms with E-state index in [4.69, 9.17) is 4.74 Å². The summed E-state index contributed by atoms with van der Waals surface area (Å²) < 4.78 is 43.2. The van der Waals surface area contributed by atoms with Crippen LogP contribution in [0.15, 0.2) is 24.3 Å². The average Bonchev–Trinajstić information content (AvgIpc) is 2.23. The standard InChI is InChI=1S/C12H14F3NO/c1-11(7-17-8-11)6-16-10-5-3-2-4-9(10)12(13,14)15/h2-5,16H,6-8H2,1H3. The maximum atomic E-state index is 12.7. The van der Waals surface area contributed by atoms with E-state index in [9.17, 15) is 13.2 Å². The molecule has 1 heterocycles. The lowest BCUT2D eigenvalue weighted by Crippen LogP contribution is -2.45. The molecule has 0 bridgehead atoms. The molecule has 0 amide bonds. The third kappa shape index (κ3) is 2.72. The van der Waals surface area contributed by atoms with E-state index in [1.165, 1.54) is 12.1 Å². The maximum absolute atomic E-state index is 12.7. The van der Waals surface area contributed by atoms with Gasteiger partial charge in [-0.25, -0.2) is 0 Å². The summed E-state index contributed by atoms with van der Waals surface area (Å²) in [6, 6.07) is 5.52. The highest BCUT2D eigenvalue weighted by Gasteiger charge is 2.36. The molecule has 0 aliphatic carbocycles. The predicted molar refractivity (Wildman–Crippen MR) is 58.9 cm³/mol. The highest BCUT2D eigenvalue weighted by atomic mass is 19.4. The van der Waals surface area contributed by atoms with Crippen LogP contribution in [0, 0.1) is 5.41 Å². The first-order valence-electron chi connectivity index (χ1n) is 5.39. The zero-order valence-corrected chi connectivity index (χ0v) is 9.47. The predicted octanol–water partition coefficient (Wildman–Crippen LogP) is 3.15. The smallest absolute Gasteiger partial charge is 0.384 e. The van der Waals surface area contributed by atoms with Gasteiger partial charge in [0.1, 0.15) is 0 Å². The Morgan fingerprint density at radius 3 is 2.47 bits per heavy atom. The van der Waals surface area contributed by atoms with E-state index in [0.29, 0.717) is 19.8 Å². The lowest BCUT2D eigenvalue weighted by molar-refractivity contribution is -0.137. The number of rotatable bonds is 3. The minimum Gasteiger partial charge on any atom is -0.384 e. The molecule has 0 aromatic heterocycles. The van der Waals surface area contributed by atoms with Gasteiger partial charge < -0.3 is 10.1 Å². The number of ether oxygens (including phenoxy) is 1. The van der Waals surface area contributed by atoms with Crippen molar-refractivity contribution in [2.75, 3.05) is 25.1 Å². The molecular formula is C12H14F3NO. The molecule has 0 saturated carbocycles. The van der Waals surface area contributed by atoms with Crippen molar-refractivity contribution >= 4 is 5.69 Å². The molecule has 1 saturated heterocycles. The van der Waals surface area contributed by atoms with Crippen molar-refractivity contribution in [2.45, 2.75) is 13.1 Å². The van der Waals surface area contributed by atoms with Crippen LogP contribution in [0.4, 0.5) is 18.9 Å². The number of nitrogens with one attached hydrogen (secondary N) is 1. The molecule has 1 aliphatic rings. The van der Waals surface area contributed by atoms with E-state index in [-0.39, 0.29) is 11.1 Å². The van der Waals surface area contributed by atoms with Crippen molar-refractivity contribution in [1.82, 2.24) is 0 Å². The second kappa shape index (κ2) is 4.22. The molecule has 0 spiro atoms. The van der Waals surface area contributed by atoms with Crippen molar-refractivity contribution in [2.24, 2.45) is 5.41 Å². The van der Waals surface area contributed by atoms with Gasteiger partial charge in [0, 0.05) is 17.6 Å². The molecule has 1 aromatic rings. The lowest BCUT2D eigenvalue weighted by atomic mass is 9.88. The van der Waals surface area contributed by atoms with Gasteiger partial charge in [-0.3, -0.25) is 0 Å². The zero-order chi connectivity index (χ0) is 12.5. The van der Waals surface area contributed by atoms with Gasteiger partial charge in [-0.2, -0.15) is 13.2 Å². The van der Waals surface area contributed by atoms with Gasteiger partial charge >= 0.3 is 6.18 Å². The van der Waals surface area contributed by atoms with Gasteiger partial charge in [0.15, 0.2) is 0 Å². The molecule has 0 radical (unpaired) electrons. The highest BCUT2D eigenvalue weighted by molar-refractivity contribution is 5.52. The molecular weight excluding hydrogens is 231 g/mol. The van der Waals surface area contributed by atoms with Crippen LogP contribution in [-0.4, -0.2) is 19.8 Å². The largest absolute Gasteiger partial charge is 0.418 e. The van der Waals surface area contributed by atoms with Gasteiger partial charge in [-0.15, -0.1) is 0 Å². The normalized spacial score (nSPS) is 18.6. The van der Waals surface area contributed by atoms with Gasteiger partial charge in [0.25, 0.3) is 0 Å². The second-order valence-corrected chi connectivity index (χ2v) is 4.70. The van der Waals surface area contributed by atoms with Crippen LogP contribution < -0.4 is 5.32 Å². The van der Waals surface area contributed by atoms with Crippen molar-refractivity contribution in [3.63, 3.8) is 0 Å². The Kier molecular flexibility index (Phi) is 3.03. The number of anilines is 1. The first-order chi connectivity index (χ1) is 7.91. The van der Waals surface area contributed by atoms with Crippen molar-refractivity contribution in [3.8, 4) is 0 Å². The van der Waals surface area contributed by atoms with E-state index in [1.807, 2.05) is 6.92 Å². The number of alkyl halides is 3. The molecule has 2 nitrogen and oxygen atoms in total. The number of para-hydroxylation sites is 1. The fourth-order valence-corrected chi connectivity index (χ4v) is 1.75. The summed E-state index contributed by atoms with van der Waals surface area (Å²) in [5, 5.41) is 2.86. The first-order valence-corrected chi connectivity index (χ1v) is 5.39. The summed E-state index contributed by atoms with van der Waals surface area (Å²) >= 11 is 0. The van der Waals surface area contributed by atoms with Crippen molar-refractivity contribution < 1.29 is 17.9 Å². The van der Waals surface area contributed by atoms with Crippen LogP contribution in [0.1, 0.15) is 12.5 Å². The third-order valence-electron chi connectivity index (χ3n) is 2.84. The van der Waals surface area contributed by atoms with Crippen molar-refractivity contribution in [1.29, 1.82) is 0 Å². The molecule has 1 fully saturated rings. The van der Waals surface area contributed by atoms with Crippen LogP contribution in [-0.2, 0) is 10.9 Å². The van der Waals surface area contributed by atoms with Crippen LogP contribution in [0.2, 0.25) is 0 Å². The van der Waals surface area contributed by atoms with Crippen LogP contribution in [0.5, 0.6) is 0 Å². The molecule has 5 heteroatoms. The molecule has 94 valence electrons. The van der Waals surface area contributed by atoms with Gasteiger partial charge in [0.2, 0.25) is 0 Å². The number of hydrogen-bond acceptors (Lipinski definition) is 2. The van der Waals surface area contributed by atoms with Crippen molar-refractivity contribution in [3.05, 3.63) is 29.8 Å². The zero-order valence-electron chi connectivity index (χ0n) is 9.47. The Hall–Kier alpha value is -1.23. The number of benzene rings is 1. The minimum atomic E-state index is -4.32. The highest BCUT2D eigenvalue weighted by Crippen LogP contribution is 2.35. The Labute approximate surface area is 97.8 Å². The SMILES string of the molecule is CC1(CNc2ccccc2C(F)(F)F)COC1. The average molecular weight is 245 g/mol. The molecule has 1 aromatic carbocycles. The first kappa shape index (κ1) is 12.2. The molecule has 2 rings (SSSR count). The fraction of sp³-hybridized carbons (Fsp3) is 0.500. The Morgan fingerprint density at radius 2 is 1.94 bits per heavy atom. The summed E-state index contributed by atoms with van der Waals surface area (Å²) in [7, 11) is 0. The van der Waals surface area contributed by atoms with E-state index < -0.39 is 11.7 Å². The summed E-state index contributed by atoms with van der Waals surface area (Å²) in [4.78, 5) is 0. The number of hydrogen-bond donors (Lipinski definition) is 1. The monoisotopic (exact) mass is 245 g/mol. The minimum absolute atomic E-state index is 0.0568. The molecule has 17 heavy (non-hydrogen) atoms. The summed E-state index contributed by atoms with van der Waals surface area (Å²) in [6.07, 6.45) is -4.32. The van der Waals surface area contributed by atoms with Crippen LogP contribution in [0.25, 0.3) is 0 Å². The summed E-state index contributed by atoms with van der Waals surface area (Å²) in [6.45, 7) is 3.65. The maximum Gasteiger partial charge on any atom is 0.418 e. The summed E-state index contributed by atoms with van der Waals surface area (Å²) in [5.41, 5.74) is -0.546. The van der Waals surface area contributed by atoms with Gasteiger partial charge in [0.05, 0.1) is 18.8 Å². The van der Waals surface area contributed by atoms with E-state index in [1.54, 1.807) is 6.07 Å². The molecule has 1 N–H and O–H groups in total. The van der Waals surface area contributed by atoms with Crippen LogP contribution >= 0.6 is 0 Å². The Morgan fingerprint density at radius 1 is 1.29 bits per heavy atom. The molecule has 1 aliphatic heterocycles. The second-order valence-electron chi connectivity index (χ2n) is 4.70. The lowest BCUT2D eigenvalue weighted by Gasteiger charge is -2.38. The third-order valence-corrected chi connectivity index (χ3v) is 2.84. The van der Waals surface area contributed by atoms with E-state index in [0.717, 1.165) is 6.07 Å². The van der Waals surface area contributed by atoms with Gasteiger partial charge in [-0.05, 0) is 12.1 Å². The van der Waals surface area contributed by atoms with Gasteiger partial charge in [-0.1, -0.05) is 19.1 Å². The molecule has 0 unspecified atom stereocenters. The summed E-state index contributed by atoms with van der Waals surface area (Å²) in [5.74, 6) is 0. The topological polar surface area (TPSA) is 21.3 Å². The van der Waals surface area contributed by atoms with E-state index in [2.05, 4.69) is 5.32 Å². The Balaban J connectivity index is 2.10. The van der Waals surface area contributed by atoms with E-state index >= 15 is 0 Å². The molecule has 0 atom stereocenters. The number of halogens is 3. The Bertz CT molecular complexity index is 399. The fourth-order valence-electron chi connectivity index (χ4n) is 1.75. The van der Waals surface area contributed by atoms with Crippen LogP contribution in [0.3, 0.4) is 0 Å². The quantitative estimate of drug-likeness (QED) is 0.883.